The van der Waals surface area contributed by atoms with Gasteiger partial charge in [-0.05, 0) is 13.8 Å². The molecule has 94 valence electrons. The maximum Gasteiger partial charge on any atom is 0.319 e. The second kappa shape index (κ2) is 7.05. The Hall–Kier alpha value is -1.30. The van der Waals surface area contributed by atoms with E-state index in [-0.39, 0.29) is 25.5 Å². The SMILES string of the molecule is CCN(CCC(=O)O)C(=O)N(C)CC(C)O. The van der Waals surface area contributed by atoms with E-state index in [0.717, 1.165) is 0 Å². The van der Waals surface area contributed by atoms with Gasteiger partial charge < -0.3 is 20.0 Å². The van der Waals surface area contributed by atoms with E-state index in [2.05, 4.69) is 0 Å². The average Bonchev–Trinajstić information content (AvgIpc) is 2.16. The summed E-state index contributed by atoms with van der Waals surface area (Å²) in [6, 6.07) is -0.260. The highest BCUT2D eigenvalue weighted by Crippen LogP contribution is 2.00. The molecule has 0 aromatic carbocycles. The van der Waals surface area contributed by atoms with Crippen LogP contribution in [0.2, 0.25) is 0 Å². The van der Waals surface area contributed by atoms with Crippen LogP contribution in [0.1, 0.15) is 20.3 Å². The number of carbonyl (C=O) groups is 2. The number of hydrogen-bond acceptors (Lipinski definition) is 3. The lowest BCUT2D eigenvalue weighted by Crippen LogP contribution is -2.44. The lowest BCUT2D eigenvalue weighted by molar-refractivity contribution is -0.137. The summed E-state index contributed by atoms with van der Waals surface area (Å²) in [5.41, 5.74) is 0. The highest BCUT2D eigenvalue weighted by Gasteiger charge is 2.17. The Morgan fingerprint density at radius 2 is 1.94 bits per heavy atom. The van der Waals surface area contributed by atoms with Crippen molar-refractivity contribution in [3.63, 3.8) is 0 Å². The molecule has 0 radical (unpaired) electrons. The Morgan fingerprint density at radius 1 is 1.38 bits per heavy atom. The van der Waals surface area contributed by atoms with Crippen molar-refractivity contribution >= 4 is 12.0 Å². The number of hydrogen-bond donors (Lipinski definition) is 2. The molecule has 0 saturated heterocycles. The highest BCUT2D eigenvalue weighted by atomic mass is 16.4. The van der Waals surface area contributed by atoms with Crippen LogP contribution in [0.25, 0.3) is 0 Å². The molecule has 16 heavy (non-hydrogen) atoms. The number of urea groups is 1. The van der Waals surface area contributed by atoms with E-state index in [1.807, 2.05) is 0 Å². The van der Waals surface area contributed by atoms with Gasteiger partial charge in [-0.3, -0.25) is 4.79 Å². The molecular weight excluding hydrogens is 212 g/mol. The van der Waals surface area contributed by atoms with Crippen LogP contribution in [-0.2, 0) is 4.79 Å². The molecular formula is C10H20N2O4. The summed E-state index contributed by atoms with van der Waals surface area (Å²) in [6.07, 6.45) is -0.658. The van der Waals surface area contributed by atoms with Crippen LogP contribution in [0.5, 0.6) is 0 Å². The fourth-order valence-electron chi connectivity index (χ4n) is 1.34. The van der Waals surface area contributed by atoms with E-state index in [9.17, 15) is 9.59 Å². The first-order valence-corrected chi connectivity index (χ1v) is 5.28. The molecule has 0 fully saturated rings. The van der Waals surface area contributed by atoms with Gasteiger partial charge in [-0.2, -0.15) is 0 Å². The first-order valence-electron chi connectivity index (χ1n) is 5.28. The molecule has 0 saturated carbocycles. The number of rotatable bonds is 6. The summed E-state index contributed by atoms with van der Waals surface area (Å²) in [5.74, 6) is -0.926. The van der Waals surface area contributed by atoms with Crippen molar-refractivity contribution in [1.82, 2.24) is 9.80 Å². The van der Waals surface area contributed by atoms with Gasteiger partial charge in [-0.1, -0.05) is 0 Å². The third kappa shape index (κ3) is 5.55. The molecule has 0 heterocycles. The van der Waals surface area contributed by atoms with Crippen molar-refractivity contribution in [2.45, 2.75) is 26.4 Å². The minimum atomic E-state index is -0.926. The minimum absolute atomic E-state index is 0.0674. The second-order valence-electron chi connectivity index (χ2n) is 3.74. The minimum Gasteiger partial charge on any atom is -0.481 e. The number of aliphatic hydroxyl groups excluding tert-OH is 1. The van der Waals surface area contributed by atoms with Crippen molar-refractivity contribution in [2.75, 3.05) is 26.7 Å². The first-order chi connectivity index (χ1) is 7.38. The van der Waals surface area contributed by atoms with E-state index >= 15 is 0 Å². The van der Waals surface area contributed by atoms with Crippen LogP contribution < -0.4 is 0 Å². The summed E-state index contributed by atoms with van der Waals surface area (Å²) in [6.45, 7) is 4.26. The van der Waals surface area contributed by atoms with Gasteiger partial charge in [0.15, 0.2) is 0 Å². The number of carboxylic acid groups (broad SMARTS) is 1. The maximum atomic E-state index is 11.8. The number of carbonyl (C=O) groups excluding carboxylic acids is 1. The zero-order chi connectivity index (χ0) is 12.7. The number of likely N-dealkylation sites (N-methyl/N-ethyl adjacent to an activating group) is 1. The third-order valence-corrected chi connectivity index (χ3v) is 2.11. The van der Waals surface area contributed by atoms with Gasteiger partial charge in [0.25, 0.3) is 0 Å². The number of aliphatic carboxylic acids is 1. The zero-order valence-electron chi connectivity index (χ0n) is 10.0. The molecule has 6 nitrogen and oxygen atoms in total. The Morgan fingerprint density at radius 3 is 2.31 bits per heavy atom. The van der Waals surface area contributed by atoms with Crippen molar-refractivity contribution in [2.24, 2.45) is 0 Å². The lowest BCUT2D eigenvalue weighted by atomic mass is 10.3. The van der Waals surface area contributed by atoms with Crippen LogP contribution in [-0.4, -0.2) is 64.8 Å². The van der Waals surface area contributed by atoms with Crippen LogP contribution in [0, 0.1) is 0 Å². The van der Waals surface area contributed by atoms with Gasteiger partial charge in [0.05, 0.1) is 12.5 Å². The van der Waals surface area contributed by atoms with E-state index in [0.29, 0.717) is 6.54 Å². The zero-order valence-corrected chi connectivity index (χ0v) is 10.0. The van der Waals surface area contributed by atoms with Crippen LogP contribution in [0.4, 0.5) is 4.79 Å². The summed E-state index contributed by atoms with van der Waals surface area (Å²) in [5, 5.41) is 17.7. The fourth-order valence-corrected chi connectivity index (χ4v) is 1.34. The molecule has 2 N–H and O–H groups in total. The van der Waals surface area contributed by atoms with Crippen molar-refractivity contribution in [3.8, 4) is 0 Å². The Kier molecular flexibility index (Phi) is 6.48. The summed E-state index contributed by atoms with van der Waals surface area (Å²) in [7, 11) is 1.58. The number of aliphatic hydroxyl groups is 1. The van der Waals surface area contributed by atoms with E-state index in [1.165, 1.54) is 9.80 Å². The monoisotopic (exact) mass is 232 g/mol. The molecule has 0 aromatic rings. The van der Waals surface area contributed by atoms with Gasteiger partial charge in [0, 0.05) is 26.7 Å². The molecule has 0 spiro atoms. The number of carboxylic acids is 1. The van der Waals surface area contributed by atoms with E-state index in [1.54, 1.807) is 20.9 Å². The molecule has 0 rings (SSSR count). The van der Waals surface area contributed by atoms with E-state index in [4.69, 9.17) is 10.2 Å². The Labute approximate surface area is 95.5 Å². The van der Waals surface area contributed by atoms with E-state index < -0.39 is 12.1 Å². The predicted molar refractivity (Wildman–Crippen MR) is 59.2 cm³/mol. The summed E-state index contributed by atoms with van der Waals surface area (Å²) in [4.78, 5) is 25.0. The molecule has 0 aliphatic heterocycles. The number of nitrogens with zero attached hydrogens (tertiary/aromatic N) is 2. The van der Waals surface area contributed by atoms with Gasteiger partial charge in [-0.15, -0.1) is 0 Å². The van der Waals surface area contributed by atoms with Crippen molar-refractivity contribution in [1.29, 1.82) is 0 Å². The lowest BCUT2D eigenvalue weighted by Gasteiger charge is -2.27. The molecule has 1 unspecified atom stereocenters. The highest BCUT2D eigenvalue weighted by molar-refractivity contribution is 5.75. The molecule has 0 bridgehead atoms. The third-order valence-electron chi connectivity index (χ3n) is 2.11. The topological polar surface area (TPSA) is 81.1 Å². The van der Waals surface area contributed by atoms with Gasteiger partial charge in [0.1, 0.15) is 0 Å². The summed E-state index contributed by atoms with van der Waals surface area (Å²) >= 11 is 0. The molecule has 1 atom stereocenters. The molecule has 0 aliphatic rings. The standard InChI is InChI=1S/C10H20N2O4/c1-4-12(6-5-9(14)15)10(16)11(3)7-8(2)13/h8,13H,4-7H2,1-3H3,(H,14,15). The smallest absolute Gasteiger partial charge is 0.319 e. The largest absolute Gasteiger partial charge is 0.481 e. The predicted octanol–water partition coefficient (Wildman–Crippen LogP) is 0.216. The average molecular weight is 232 g/mol. The Balaban J connectivity index is 4.23. The van der Waals surface area contributed by atoms with Gasteiger partial charge >= 0.3 is 12.0 Å². The first kappa shape index (κ1) is 14.7. The normalized spacial score (nSPS) is 12.0. The fraction of sp³-hybridized carbons (Fsp3) is 0.800. The maximum absolute atomic E-state index is 11.8. The number of amides is 2. The van der Waals surface area contributed by atoms with Crippen LogP contribution in [0.3, 0.4) is 0 Å². The summed E-state index contributed by atoms with van der Waals surface area (Å²) < 4.78 is 0. The molecule has 0 aliphatic carbocycles. The molecule has 2 amide bonds. The second-order valence-corrected chi connectivity index (χ2v) is 3.74. The van der Waals surface area contributed by atoms with Gasteiger partial charge in [-0.25, -0.2) is 4.79 Å². The Bertz CT molecular complexity index is 243. The van der Waals surface area contributed by atoms with Gasteiger partial charge in [0.2, 0.25) is 0 Å². The quantitative estimate of drug-likeness (QED) is 0.686. The van der Waals surface area contributed by atoms with Crippen LogP contribution >= 0.6 is 0 Å². The van der Waals surface area contributed by atoms with Crippen molar-refractivity contribution < 1.29 is 19.8 Å². The van der Waals surface area contributed by atoms with Crippen molar-refractivity contribution in [3.05, 3.63) is 0 Å². The molecule has 6 heteroatoms. The molecule has 0 aromatic heterocycles. The van der Waals surface area contributed by atoms with Crippen LogP contribution in [0.15, 0.2) is 0 Å².